The third-order valence-corrected chi connectivity index (χ3v) is 10.9. The molecule has 1 fully saturated rings. The van der Waals surface area contributed by atoms with Crippen LogP contribution in [0.4, 0.5) is 0 Å². The molecule has 0 amide bonds. The van der Waals surface area contributed by atoms with E-state index in [-0.39, 0.29) is 51.5 Å². The molecule has 0 heterocycles. The summed E-state index contributed by atoms with van der Waals surface area (Å²) in [5.74, 6) is -0.520. The predicted octanol–water partition coefficient (Wildman–Crippen LogP) is 9.95. The van der Waals surface area contributed by atoms with Gasteiger partial charge in [0.1, 0.15) is 11.5 Å². The summed E-state index contributed by atoms with van der Waals surface area (Å²) in [4.78, 5) is 19.2. The molecule has 1 radical (unpaired) electrons. The average molecular weight is 785 g/mol. The van der Waals surface area contributed by atoms with Crippen LogP contribution in [0.25, 0.3) is 0 Å². The van der Waals surface area contributed by atoms with Crippen molar-refractivity contribution in [2.75, 3.05) is 0 Å². The first-order valence-electron chi connectivity index (χ1n) is 19.2. The molecule has 4 aromatic carbocycles. The van der Waals surface area contributed by atoms with Gasteiger partial charge in [-0.3, -0.25) is 9.98 Å². The Morgan fingerprint density at radius 1 is 0.600 bits per heavy atom. The molecule has 2 atom stereocenters. The number of phenolic OH excluding ortho intramolecular Hbond substituents is 2. The largest absolute Gasteiger partial charge is 0.550 e. The number of hydrogen-bond acceptors (Lipinski definition) is 6. The van der Waals surface area contributed by atoms with Crippen molar-refractivity contribution in [3.63, 3.8) is 0 Å². The molecule has 0 saturated heterocycles. The van der Waals surface area contributed by atoms with Crippen LogP contribution in [0, 0.1) is 0 Å². The van der Waals surface area contributed by atoms with Crippen molar-refractivity contribution < 1.29 is 37.2 Å². The second kappa shape index (κ2) is 18.2. The summed E-state index contributed by atoms with van der Waals surface area (Å²) in [6.07, 6.45) is 7.81. The summed E-state index contributed by atoms with van der Waals surface area (Å²) < 4.78 is 0. The minimum atomic E-state index is -1.08. The van der Waals surface area contributed by atoms with Gasteiger partial charge in [0.05, 0.1) is 12.1 Å². The van der Waals surface area contributed by atoms with E-state index in [2.05, 4.69) is 142 Å². The molecular weight excluding hydrogens is 723 g/mol. The summed E-state index contributed by atoms with van der Waals surface area (Å²) >= 11 is 0. The topological polar surface area (TPSA) is 105 Å². The standard InChI is InChI=1S/C46H58N2O2.C2H4O2.Mn/c1-43(2,3)35-25-31(41(49)37(27-35)45(7,8)33-19-13-11-14-20-33)29-47-39-23-17-18-24-40(39)48-30-32-26-36(44(4,5)6)28-38(42(32)50)46(9,10)34-21-15-12-16-22-34;1-2(3)4;/h11-16,19-22,25-30,39-40,49-50H,17-18,23-24H2,1-10H3;1H3,(H,3,4);/p-1/t39-,40-;;/m1../s1. The van der Waals surface area contributed by atoms with E-state index in [4.69, 9.17) is 19.9 Å². The summed E-state index contributed by atoms with van der Waals surface area (Å²) in [6, 6.07) is 29.3. The summed E-state index contributed by atoms with van der Waals surface area (Å²) in [5.41, 5.74) is 6.92. The number of aliphatic imine (C=N–C) groups is 2. The van der Waals surface area contributed by atoms with Crippen LogP contribution in [0.2, 0.25) is 0 Å². The van der Waals surface area contributed by atoms with Gasteiger partial charge in [-0.2, -0.15) is 0 Å². The van der Waals surface area contributed by atoms with Gasteiger partial charge in [0.25, 0.3) is 0 Å². The van der Waals surface area contributed by atoms with Crippen LogP contribution < -0.4 is 5.11 Å². The fourth-order valence-corrected chi connectivity index (χ4v) is 7.14. The number of nitrogens with zero attached hydrogens (tertiary/aromatic N) is 2. The van der Waals surface area contributed by atoms with E-state index in [9.17, 15) is 10.2 Å². The Labute approximate surface area is 340 Å². The Balaban J connectivity index is 0.00000155. The van der Waals surface area contributed by atoms with Crippen LogP contribution in [0.5, 0.6) is 11.5 Å². The number of hydrogen-bond donors (Lipinski definition) is 2. The maximum atomic E-state index is 11.8. The predicted molar refractivity (Wildman–Crippen MR) is 223 cm³/mol. The van der Waals surface area contributed by atoms with Gasteiger partial charge in [-0.1, -0.05) is 155 Å². The van der Waals surface area contributed by atoms with Crippen molar-refractivity contribution in [3.05, 3.63) is 129 Å². The minimum absolute atomic E-state index is 0. The average Bonchev–Trinajstić information content (AvgIpc) is 3.10. The number of carboxylic acid groups (broad SMARTS) is 1. The number of rotatable bonds is 8. The monoisotopic (exact) mass is 784 g/mol. The molecule has 1 aliphatic carbocycles. The smallest absolute Gasteiger partial charge is 0.128 e. The number of carbonyl (C=O) groups excluding carboxylic acids is 1. The van der Waals surface area contributed by atoms with Crippen LogP contribution in [-0.2, 0) is 43.5 Å². The molecule has 0 unspecified atom stereocenters. The van der Waals surface area contributed by atoms with Crippen LogP contribution in [-0.4, -0.2) is 40.7 Å². The maximum Gasteiger partial charge on any atom is 0.128 e. The van der Waals surface area contributed by atoms with Gasteiger partial charge in [0.15, 0.2) is 0 Å². The fourth-order valence-electron chi connectivity index (χ4n) is 7.14. The van der Waals surface area contributed by atoms with Crippen molar-refractivity contribution in [2.24, 2.45) is 9.98 Å². The Bertz CT molecular complexity index is 1810. The fraction of sp³-hybridized carbons (Fsp3) is 0.438. The first-order valence-corrected chi connectivity index (χ1v) is 19.2. The van der Waals surface area contributed by atoms with Gasteiger partial charge in [-0.15, -0.1) is 0 Å². The van der Waals surface area contributed by atoms with E-state index in [1.165, 1.54) is 0 Å². The summed E-state index contributed by atoms with van der Waals surface area (Å²) in [5, 5.41) is 32.4. The molecule has 0 aliphatic heterocycles. The normalized spacial score (nSPS) is 16.7. The van der Waals surface area contributed by atoms with E-state index in [1.54, 1.807) is 0 Å². The minimum Gasteiger partial charge on any atom is -0.550 e. The van der Waals surface area contributed by atoms with Gasteiger partial charge in [-0.25, -0.2) is 0 Å². The second-order valence-corrected chi connectivity index (χ2v) is 17.9. The van der Waals surface area contributed by atoms with Crippen molar-refractivity contribution in [1.82, 2.24) is 0 Å². The van der Waals surface area contributed by atoms with Gasteiger partial charge in [0, 0.05) is 68.6 Å². The van der Waals surface area contributed by atoms with Crippen LogP contribution in [0.15, 0.2) is 94.9 Å². The van der Waals surface area contributed by atoms with E-state index < -0.39 is 16.8 Å². The van der Waals surface area contributed by atoms with Gasteiger partial charge < -0.3 is 20.1 Å². The molecule has 7 heteroatoms. The molecule has 4 aromatic rings. The zero-order valence-electron chi connectivity index (χ0n) is 34.7. The Morgan fingerprint density at radius 3 is 1.20 bits per heavy atom. The van der Waals surface area contributed by atoms with E-state index in [0.29, 0.717) is 0 Å². The van der Waals surface area contributed by atoms with Crippen LogP contribution >= 0.6 is 0 Å². The molecule has 55 heavy (non-hydrogen) atoms. The quantitative estimate of drug-likeness (QED) is 0.137. The second-order valence-electron chi connectivity index (χ2n) is 17.9. The molecule has 1 saturated carbocycles. The number of benzene rings is 4. The van der Waals surface area contributed by atoms with Gasteiger partial charge in [0.2, 0.25) is 0 Å². The molecule has 2 N–H and O–H groups in total. The Morgan fingerprint density at radius 2 is 0.909 bits per heavy atom. The Hall–Kier alpha value is -4.19. The molecule has 5 rings (SSSR count). The van der Waals surface area contributed by atoms with Crippen molar-refractivity contribution >= 4 is 18.4 Å². The van der Waals surface area contributed by atoms with E-state index in [0.717, 1.165) is 77.1 Å². The number of aliphatic carboxylic acids is 1. The first kappa shape index (κ1) is 45.2. The van der Waals surface area contributed by atoms with Crippen molar-refractivity contribution in [1.29, 1.82) is 0 Å². The molecule has 6 nitrogen and oxygen atoms in total. The molecule has 0 spiro atoms. The number of phenols is 2. The third kappa shape index (κ3) is 11.2. The summed E-state index contributed by atoms with van der Waals surface area (Å²) in [7, 11) is 0. The molecule has 0 aromatic heterocycles. The van der Waals surface area contributed by atoms with Crippen molar-refractivity contribution in [3.8, 4) is 11.5 Å². The maximum absolute atomic E-state index is 11.8. The number of aromatic hydroxyl groups is 2. The molecule has 295 valence electrons. The third-order valence-electron chi connectivity index (χ3n) is 10.9. The first-order chi connectivity index (χ1) is 25.1. The zero-order chi connectivity index (χ0) is 40.1. The SMILES string of the molecule is CC(=O)[O-].CC(C)(C)c1cc(C=N[C@@H]2CCCC[C@H]2N=Cc2cc(C(C)(C)C)cc(C(C)(C)c3ccccc3)c2O)c(O)c(C(C)(C)c2ccccc2)c1.[Mn]. The summed E-state index contributed by atoms with van der Waals surface area (Å²) in [6.45, 7) is 22.9. The Kier molecular flexibility index (Phi) is 14.9. The van der Waals surface area contributed by atoms with E-state index in [1.807, 2.05) is 24.6 Å². The van der Waals surface area contributed by atoms with Gasteiger partial charge in [-0.05, 0) is 65.0 Å². The van der Waals surface area contributed by atoms with Gasteiger partial charge >= 0.3 is 0 Å². The zero-order valence-corrected chi connectivity index (χ0v) is 35.9. The number of carbonyl (C=O) groups is 1. The molecular formula is C48H61MnN2O4-. The van der Waals surface area contributed by atoms with Crippen LogP contribution in [0.1, 0.15) is 146 Å². The molecule has 1 aliphatic rings. The van der Waals surface area contributed by atoms with Crippen molar-refractivity contribution in [2.45, 2.75) is 136 Å². The number of carboxylic acids is 1. The van der Waals surface area contributed by atoms with Crippen LogP contribution in [0.3, 0.4) is 0 Å². The van der Waals surface area contributed by atoms with E-state index >= 15 is 0 Å². The molecule has 0 bridgehead atoms.